The fraction of sp³-hybridized carbons (Fsp3) is 0.0769. The van der Waals surface area contributed by atoms with Crippen LogP contribution in [0.2, 0.25) is 5.02 Å². The Morgan fingerprint density at radius 2 is 2.12 bits per heavy atom. The van der Waals surface area contributed by atoms with E-state index >= 15 is 0 Å². The number of hydrogen-bond acceptors (Lipinski definition) is 2. The normalized spacial score (nSPS) is 10.0. The van der Waals surface area contributed by atoms with E-state index in [0.717, 1.165) is 5.69 Å². The van der Waals surface area contributed by atoms with Crippen LogP contribution in [-0.2, 0) is 0 Å². The third-order valence-corrected chi connectivity index (χ3v) is 2.49. The molecule has 4 heteroatoms. The quantitative estimate of drug-likeness (QED) is 0.884. The van der Waals surface area contributed by atoms with Crippen LogP contribution in [0.25, 0.3) is 0 Å². The summed E-state index contributed by atoms with van der Waals surface area (Å²) >= 11 is 5.82. The van der Waals surface area contributed by atoms with E-state index in [9.17, 15) is 4.79 Å². The summed E-state index contributed by atoms with van der Waals surface area (Å²) in [4.78, 5) is 16.0. The van der Waals surface area contributed by atoms with Crippen LogP contribution in [0.15, 0.2) is 42.6 Å². The molecule has 1 heterocycles. The number of aromatic nitrogens is 1. The summed E-state index contributed by atoms with van der Waals surface area (Å²) < 4.78 is 0. The standard InChI is InChI=1S/C13H11ClN2O/c1-9-5-6-12(8-15-9)16-13(17)10-3-2-4-11(14)7-10/h2-8H,1H3,(H,16,17). The summed E-state index contributed by atoms with van der Waals surface area (Å²) in [5.41, 5.74) is 2.10. The fourth-order valence-corrected chi connectivity index (χ4v) is 1.57. The maximum absolute atomic E-state index is 11.9. The third-order valence-electron chi connectivity index (χ3n) is 2.26. The molecule has 0 saturated carbocycles. The summed E-state index contributed by atoms with van der Waals surface area (Å²) in [6.45, 7) is 1.89. The molecular weight excluding hydrogens is 236 g/mol. The molecule has 0 unspecified atom stereocenters. The number of rotatable bonds is 2. The number of aryl methyl sites for hydroxylation is 1. The van der Waals surface area contributed by atoms with Crippen molar-refractivity contribution in [1.82, 2.24) is 4.98 Å². The molecule has 1 aromatic carbocycles. The van der Waals surface area contributed by atoms with E-state index in [-0.39, 0.29) is 5.91 Å². The number of hydrogen-bond donors (Lipinski definition) is 1. The lowest BCUT2D eigenvalue weighted by atomic mass is 10.2. The second-order valence-electron chi connectivity index (χ2n) is 3.65. The maximum Gasteiger partial charge on any atom is 0.255 e. The molecular formula is C13H11ClN2O. The predicted octanol–water partition coefficient (Wildman–Crippen LogP) is 3.30. The molecule has 0 aliphatic heterocycles. The average molecular weight is 247 g/mol. The van der Waals surface area contributed by atoms with Crippen LogP contribution in [0.5, 0.6) is 0 Å². The Bertz CT molecular complexity index is 537. The molecule has 0 aliphatic carbocycles. The molecule has 0 bridgehead atoms. The van der Waals surface area contributed by atoms with Gasteiger partial charge in [0.05, 0.1) is 11.9 Å². The van der Waals surface area contributed by atoms with Gasteiger partial charge < -0.3 is 5.32 Å². The van der Waals surface area contributed by atoms with Crippen molar-refractivity contribution < 1.29 is 4.79 Å². The first-order chi connectivity index (χ1) is 8.15. The SMILES string of the molecule is Cc1ccc(NC(=O)c2cccc(Cl)c2)cn1. The van der Waals surface area contributed by atoms with Crippen molar-refractivity contribution in [2.24, 2.45) is 0 Å². The van der Waals surface area contributed by atoms with E-state index in [1.54, 1.807) is 30.5 Å². The number of amides is 1. The highest BCUT2D eigenvalue weighted by atomic mass is 35.5. The summed E-state index contributed by atoms with van der Waals surface area (Å²) in [7, 11) is 0. The van der Waals surface area contributed by atoms with Crippen molar-refractivity contribution in [3.63, 3.8) is 0 Å². The Morgan fingerprint density at radius 3 is 2.76 bits per heavy atom. The van der Waals surface area contributed by atoms with Crippen molar-refractivity contribution in [3.05, 3.63) is 58.9 Å². The molecule has 0 fully saturated rings. The number of anilines is 1. The number of pyridine rings is 1. The molecule has 1 aromatic heterocycles. The smallest absolute Gasteiger partial charge is 0.255 e. The Balaban J connectivity index is 2.14. The molecule has 3 nitrogen and oxygen atoms in total. The van der Waals surface area contributed by atoms with Crippen molar-refractivity contribution in [3.8, 4) is 0 Å². The van der Waals surface area contributed by atoms with E-state index in [1.165, 1.54) is 0 Å². The molecule has 0 atom stereocenters. The molecule has 17 heavy (non-hydrogen) atoms. The van der Waals surface area contributed by atoms with E-state index in [2.05, 4.69) is 10.3 Å². The second-order valence-corrected chi connectivity index (χ2v) is 4.09. The zero-order chi connectivity index (χ0) is 12.3. The zero-order valence-electron chi connectivity index (χ0n) is 9.27. The lowest BCUT2D eigenvalue weighted by Crippen LogP contribution is -2.11. The van der Waals surface area contributed by atoms with Crippen LogP contribution in [0.1, 0.15) is 16.1 Å². The molecule has 1 amide bonds. The molecule has 1 N–H and O–H groups in total. The Kier molecular flexibility index (Phi) is 3.40. The minimum Gasteiger partial charge on any atom is -0.321 e. The molecule has 0 aliphatic rings. The van der Waals surface area contributed by atoms with Crippen LogP contribution < -0.4 is 5.32 Å². The summed E-state index contributed by atoms with van der Waals surface area (Å²) in [5.74, 6) is -0.196. The van der Waals surface area contributed by atoms with E-state index < -0.39 is 0 Å². The van der Waals surface area contributed by atoms with Gasteiger partial charge in [0.2, 0.25) is 0 Å². The molecule has 0 saturated heterocycles. The second kappa shape index (κ2) is 4.97. The van der Waals surface area contributed by atoms with Crippen molar-refractivity contribution >= 4 is 23.2 Å². The third kappa shape index (κ3) is 3.04. The number of carbonyl (C=O) groups is 1. The van der Waals surface area contributed by atoms with Crippen molar-refractivity contribution in [2.45, 2.75) is 6.92 Å². The number of nitrogens with zero attached hydrogens (tertiary/aromatic N) is 1. The van der Waals surface area contributed by atoms with Gasteiger partial charge in [0, 0.05) is 16.3 Å². The van der Waals surface area contributed by atoms with Gasteiger partial charge in [0.1, 0.15) is 0 Å². The first kappa shape index (κ1) is 11.6. The lowest BCUT2D eigenvalue weighted by molar-refractivity contribution is 0.102. The fourth-order valence-electron chi connectivity index (χ4n) is 1.37. The van der Waals surface area contributed by atoms with Gasteiger partial charge in [0.25, 0.3) is 5.91 Å². The molecule has 2 rings (SSSR count). The summed E-state index contributed by atoms with van der Waals surface area (Å²) in [6, 6.07) is 10.5. The highest BCUT2D eigenvalue weighted by molar-refractivity contribution is 6.31. The molecule has 0 spiro atoms. The highest BCUT2D eigenvalue weighted by Crippen LogP contribution is 2.13. The van der Waals surface area contributed by atoms with Gasteiger partial charge >= 0.3 is 0 Å². The molecule has 2 aromatic rings. The summed E-state index contributed by atoms with van der Waals surface area (Å²) in [6.07, 6.45) is 1.62. The average Bonchev–Trinajstić information content (AvgIpc) is 2.32. The Morgan fingerprint density at radius 1 is 1.29 bits per heavy atom. The van der Waals surface area contributed by atoms with Gasteiger partial charge in [-0.25, -0.2) is 0 Å². The Hall–Kier alpha value is -1.87. The number of benzene rings is 1. The van der Waals surface area contributed by atoms with E-state index in [0.29, 0.717) is 16.3 Å². The van der Waals surface area contributed by atoms with Gasteiger partial charge in [-0.05, 0) is 37.3 Å². The van der Waals surface area contributed by atoms with Crippen LogP contribution in [0.4, 0.5) is 5.69 Å². The topological polar surface area (TPSA) is 42.0 Å². The minimum absolute atomic E-state index is 0.196. The van der Waals surface area contributed by atoms with Gasteiger partial charge in [-0.1, -0.05) is 17.7 Å². The number of halogens is 1. The van der Waals surface area contributed by atoms with Gasteiger partial charge in [0.15, 0.2) is 0 Å². The molecule has 86 valence electrons. The predicted molar refractivity (Wildman–Crippen MR) is 68.4 cm³/mol. The van der Waals surface area contributed by atoms with Gasteiger partial charge in [-0.2, -0.15) is 0 Å². The monoisotopic (exact) mass is 246 g/mol. The number of nitrogens with one attached hydrogen (secondary N) is 1. The zero-order valence-corrected chi connectivity index (χ0v) is 10.0. The maximum atomic E-state index is 11.9. The van der Waals surface area contributed by atoms with Crippen LogP contribution in [0, 0.1) is 6.92 Å². The highest BCUT2D eigenvalue weighted by Gasteiger charge is 2.06. The van der Waals surface area contributed by atoms with Crippen molar-refractivity contribution in [2.75, 3.05) is 5.32 Å². The van der Waals surface area contributed by atoms with E-state index in [1.807, 2.05) is 19.1 Å². The van der Waals surface area contributed by atoms with Crippen molar-refractivity contribution in [1.29, 1.82) is 0 Å². The minimum atomic E-state index is -0.196. The first-order valence-electron chi connectivity index (χ1n) is 5.15. The largest absolute Gasteiger partial charge is 0.321 e. The molecule has 0 radical (unpaired) electrons. The van der Waals surface area contributed by atoms with Crippen LogP contribution >= 0.6 is 11.6 Å². The van der Waals surface area contributed by atoms with Crippen LogP contribution in [-0.4, -0.2) is 10.9 Å². The van der Waals surface area contributed by atoms with Gasteiger partial charge in [-0.3, -0.25) is 9.78 Å². The van der Waals surface area contributed by atoms with Gasteiger partial charge in [-0.15, -0.1) is 0 Å². The number of carbonyl (C=O) groups excluding carboxylic acids is 1. The summed E-state index contributed by atoms with van der Waals surface area (Å²) in [5, 5.41) is 3.29. The van der Waals surface area contributed by atoms with Crippen LogP contribution in [0.3, 0.4) is 0 Å². The Labute approximate surface area is 104 Å². The van der Waals surface area contributed by atoms with E-state index in [4.69, 9.17) is 11.6 Å². The first-order valence-corrected chi connectivity index (χ1v) is 5.52. The lowest BCUT2D eigenvalue weighted by Gasteiger charge is -2.05.